The van der Waals surface area contributed by atoms with Crippen molar-refractivity contribution in [3.05, 3.63) is 23.9 Å². The molecule has 1 aromatic rings. The lowest BCUT2D eigenvalue weighted by atomic mass is 10.3. The molecule has 0 N–H and O–H groups in total. The minimum absolute atomic E-state index is 0.0401. The fourth-order valence-corrected chi connectivity index (χ4v) is 0.666. The average molecular weight is 171 g/mol. The number of nitrogens with zero attached hydrogens (tertiary/aromatic N) is 1. The maximum absolute atomic E-state index is 11.3. The summed E-state index contributed by atoms with van der Waals surface area (Å²) < 4.78 is 16.1. The van der Waals surface area contributed by atoms with Gasteiger partial charge in [-0.2, -0.15) is 0 Å². The van der Waals surface area contributed by atoms with Crippen molar-refractivity contribution in [2.75, 3.05) is 7.11 Å². The monoisotopic (exact) mass is 171 g/mol. The minimum atomic E-state index is -1.06. The van der Waals surface area contributed by atoms with E-state index >= 15 is 0 Å². The van der Waals surface area contributed by atoms with E-state index in [1.54, 1.807) is 0 Å². The Bertz CT molecular complexity index is 272. The maximum atomic E-state index is 11.3. The zero-order valence-corrected chi connectivity index (χ0v) is 6.28. The van der Waals surface area contributed by atoms with Crippen molar-refractivity contribution in [3.8, 4) is 5.88 Å². The van der Waals surface area contributed by atoms with Gasteiger partial charge in [-0.3, -0.25) is 0 Å². The van der Waals surface area contributed by atoms with Crippen LogP contribution in [0, 0.1) is 0 Å². The van der Waals surface area contributed by atoms with Crippen molar-refractivity contribution in [2.24, 2.45) is 0 Å². The Hall–Kier alpha value is -1.65. The van der Waals surface area contributed by atoms with Crippen LogP contribution in [0.5, 0.6) is 5.88 Å². The fourth-order valence-electron chi connectivity index (χ4n) is 0.666. The highest BCUT2D eigenvalue weighted by Gasteiger charge is 2.07. The molecule has 0 bridgehead atoms. The molecule has 0 atom stereocenters. The number of halogens is 1. The summed E-state index contributed by atoms with van der Waals surface area (Å²) >= 11 is 0. The van der Waals surface area contributed by atoms with E-state index in [0.717, 1.165) is 0 Å². The molecule has 5 heteroatoms. The van der Waals surface area contributed by atoms with Gasteiger partial charge >= 0.3 is 5.97 Å². The van der Waals surface area contributed by atoms with E-state index in [1.165, 1.54) is 25.4 Å². The van der Waals surface area contributed by atoms with Crippen molar-refractivity contribution in [3.63, 3.8) is 0 Å². The van der Waals surface area contributed by atoms with Crippen LogP contribution in [0.2, 0.25) is 0 Å². The van der Waals surface area contributed by atoms with E-state index in [9.17, 15) is 9.32 Å². The number of methoxy groups -OCH3 is 1. The third-order valence-corrected chi connectivity index (χ3v) is 1.25. The lowest BCUT2D eigenvalue weighted by molar-refractivity contribution is -0.0788. The zero-order chi connectivity index (χ0) is 8.97. The largest absolute Gasteiger partial charge is 0.481 e. The van der Waals surface area contributed by atoms with E-state index in [2.05, 4.69) is 9.93 Å². The second-order valence-electron chi connectivity index (χ2n) is 1.95. The second-order valence-corrected chi connectivity index (χ2v) is 1.95. The molecular weight excluding hydrogens is 165 g/mol. The van der Waals surface area contributed by atoms with Crippen molar-refractivity contribution < 1.29 is 19.0 Å². The predicted octanol–water partition coefficient (Wildman–Crippen LogP) is 1.13. The van der Waals surface area contributed by atoms with Crippen LogP contribution in [0.1, 0.15) is 10.4 Å². The molecule has 0 radical (unpaired) electrons. The van der Waals surface area contributed by atoms with Crippen LogP contribution in [0.15, 0.2) is 18.3 Å². The number of pyridine rings is 1. The summed E-state index contributed by atoms with van der Waals surface area (Å²) in [5.74, 6) is -0.712. The quantitative estimate of drug-likeness (QED) is 0.669. The first-order chi connectivity index (χ1) is 5.77. The molecule has 0 fully saturated rings. The molecule has 0 aliphatic carbocycles. The number of carbonyl (C=O) groups excluding carboxylic acids is 1. The number of rotatable bonds is 2. The molecule has 64 valence electrons. The van der Waals surface area contributed by atoms with E-state index in [4.69, 9.17) is 4.74 Å². The lowest BCUT2D eigenvalue weighted by Crippen LogP contribution is -1.99. The summed E-state index contributed by atoms with van der Waals surface area (Å²) in [5, 5.41) is 0. The molecule has 1 aromatic heterocycles. The van der Waals surface area contributed by atoms with Crippen LogP contribution in [0.4, 0.5) is 4.53 Å². The molecule has 0 saturated carbocycles. The first kappa shape index (κ1) is 8.45. The molecule has 0 aliphatic rings. The molecule has 1 heterocycles. The van der Waals surface area contributed by atoms with Gasteiger partial charge in [0, 0.05) is 16.8 Å². The summed E-state index contributed by atoms with van der Waals surface area (Å²) in [6, 6.07) is 2.79. The van der Waals surface area contributed by atoms with Crippen molar-refractivity contribution in [1.29, 1.82) is 0 Å². The number of hydrogen-bond acceptors (Lipinski definition) is 4. The normalized spacial score (nSPS) is 9.17. The Labute approximate surface area is 67.8 Å². The van der Waals surface area contributed by atoms with Gasteiger partial charge in [0.15, 0.2) is 0 Å². The lowest BCUT2D eigenvalue weighted by Gasteiger charge is -1.97. The van der Waals surface area contributed by atoms with Crippen molar-refractivity contribution in [1.82, 2.24) is 4.98 Å². The van der Waals surface area contributed by atoms with E-state index in [-0.39, 0.29) is 5.56 Å². The Balaban J connectivity index is 2.84. The molecule has 0 spiro atoms. The minimum Gasteiger partial charge on any atom is -0.481 e. The van der Waals surface area contributed by atoms with Gasteiger partial charge in [0.05, 0.1) is 12.7 Å². The smallest absolute Gasteiger partial charge is 0.381 e. The molecule has 0 saturated heterocycles. The predicted molar refractivity (Wildman–Crippen MR) is 37.3 cm³/mol. The van der Waals surface area contributed by atoms with Crippen LogP contribution in [-0.2, 0) is 4.94 Å². The van der Waals surface area contributed by atoms with Gasteiger partial charge < -0.3 is 4.74 Å². The van der Waals surface area contributed by atoms with E-state index in [1.807, 2.05) is 0 Å². The van der Waals surface area contributed by atoms with Gasteiger partial charge in [-0.05, 0) is 6.07 Å². The van der Waals surface area contributed by atoms with Crippen LogP contribution in [-0.4, -0.2) is 18.1 Å². The first-order valence-electron chi connectivity index (χ1n) is 3.11. The fraction of sp³-hybridized carbons (Fsp3) is 0.143. The van der Waals surface area contributed by atoms with Crippen LogP contribution in [0.3, 0.4) is 0 Å². The Kier molecular flexibility index (Phi) is 2.57. The third-order valence-electron chi connectivity index (χ3n) is 1.25. The number of ether oxygens (including phenoxy) is 1. The van der Waals surface area contributed by atoms with E-state index < -0.39 is 5.97 Å². The van der Waals surface area contributed by atoms with Crippen LogP contribution >= 0.6 is 0 Å². The van der Waals surface area contributed by atoms with Gasteiger partial charge in [0.2, 0.25) is 5.88 Å². The number of hydrogen-bond donors (Lipinski definition) is 0. The molecule has 0 aliphatic heterocycles. The van der Waals surface area contributed by atoms with Crippen LogP contribution in [0.25, 0.3) is 0 Å². The summed E-state index contributed by atoms with van der Waals surface area (Å²) in [5.41, 5.74) is 0.0401. The standard InChI is InChI=1S/C7H6FNO3/c1-11-6-3-2-5(4-9-6)7(10)12-8/h2-4H,1H3. The van der Waals surface area contributed by atoms with Gasteiger partial charge in [0.25, 0.3) is 0 Å². The van der Waals surface area contributed by atoms with Gasteiger partial charge in [0.1, 0.15) is 0 Å². The van der Waals surface area contributed by atoms with Gasteiger partial charge in [-0.1, -0.05) is 0 Å². The average Bonchev–Trinajstić information content (AvgIpc) is 2.17. The number of carbonyl (C=O) groups is 1. The van der Waals surface area contributed by atoms with Gasteiger partial charge in [-0.15, -0.1) is 0 Å². The van der Waals surface area contributed by atoms with Crippen LogP contribution < -0.4 is 4.74 Å². The Morgan fingerprint density at radius 3 is 2.75 bits per heavy atom. The van der Waals surface area contributed by atoms with Crippen molar-refractivity contribution in [2.45, 2.75) is 0 Å². The molecular formula is C7H6FNO3. The maximum Gasteiger partial charge on any atom is 0.381 e. The molecule has 0 amide bonds. The number of aromatic nitrogens is 1. The topological polar surface area (TPSA) is 48.4 Å². The zero-order valence-electron chi connectivity index (χ0n) is 6.28. The van der Waals surface area contributed by atoms with Gasteiger partial charge in [-0.25, -0.2) is 14.7 Å². The third kappa shape index (κ3) is 1.69. The van der Waals surface area contributed by atoms with E-state index in [0.29, 0.717) is 5.88 Å². The summed E-state index contributed by atoms with van der Waals surface area (Å²) in [6.45, 7) is 0. The molecule has 1 rings (SSSR count). The summed E-state index contributed by atoms with van der Waals surface area (Å²) in [4.78, 5) is 17.2. The molecule has 12 heavy (non-hydrogen) atoms. The molecule has 0 aromatic carbocycles. The highest BCUT2D eigenvalue weighted by molar-refractivity contribution is 5.88. The second kappa shape index (κ2) is 3.66. The highest BCUT2D eigenvalue weighted by atomic mass is 19.3. The van der Waals surface area contributed by atoms with Crippen molar-refractivity contribution >= 4 is 5.97 Å². The Morgan fingerprint density at radius 1 is 1.58 bits per heavy atom. The highest BCUT2D eigenvalue weighted by Crippen LogP contribution is 2.07. The molecule has 0 unspecified atom stereocenters. The first-order valence-corrected chi connectivity index (χ1v) is 3.11. The summed E-state index contributed by atoms with van der Waals surface area (Å²) in [7, 11) is 1.44. The molecule has 4 nitrogen and oxygen atoms in total. The summed E-state index contributed by atoms with van der Waals surface area (Å²) in [6.07, 6.45) is 1.17. The Morgan fingerprint density at radius 2 is 2.33 bits per heavy atom. The SMILES string of the molecule is COc1ccc(C(=O)OF)cn1.